The van der Waals surface area contributed by atoms with Gasteiger partial charge >= 0.3 is 0 Å². The maximum Gasteiger partial charge on any atom is 0.0477 e. The van der Waals surface area contributed by atoms with Gasteiger partial charge in [0.25, 0.3) is 0 Å². The molecular formula is C11H24ClNO. The molecule has 0 saturated heterocycles. The number of alkyl halides is 1. The van der Waals surface area contributed by atoms with Gasteiger partial charge in [-0.1, -0.05) is 0 Å². The summed E-state index contributed by atoms with van der Waals surface area (Å²) in [7, 11) is 1.76. The molecule has 1 atom stereocenters. The van der Waals surface area contributed by atoms with E-state index in [1.54, 1.807) is 7.11 Å². The normalized spacial score (nSPS) is 13.9. The van der Waals surface area contributed by atoms with Crippen molar-refractivity contribution in [1.29, 1.82) is 0 Å². The summed E-state index contributed by atoms with van der Waals surface area (Å²) >= 11 is 5.71. The highest BCUT2D eigenvalue weighted by molar-refractivity contribution is 6.17. The van der Waals surface area contributed by atoms with Gasteiger partial charge in [-0.3, -0.25) is 4.90 Å². The second kappa shape index (κ2) is 8.51. The summed E-state index contributed by atoms with van der Waals surface area (Å²) in [6.45, 7) is 8.65. The van der Waals surface area contributed by atoms with Gasteiger partial charge in [-0.15, -0.1) is 11.6 Å². The van der Waals surface area contributed by atoms with Gasteiger partial charge in [0.05, 0.1) is 0 Å². The lowest BCUT2D eigenvalue weighted by Gasteiger charge is -2.32. The summed E-state index contributed by atoms with van der Waals surface area (Å²) in [6, 6.07) is 1.17. The van der Waals surface area contributed by atoms with Gasteiger partial charge in [0.15, 0.2) is 0 Å². The highest BCUT2D eigenvalue weighted by Crippen LogP contribution is 2.10. The van der Waals surface area contributed by atoms with Crippen LogP contribution >= 0.6 is 11.6 Å². The molecule has 0 amide bonds. The van der Waals surface area contributed by atoms with Crippen molar-refractivity contribution in [3.8, 4) is 0 Å². The van der Waals surface area contributed by atoms with E-state index < -0.39 is 0 Å². The van der Waals surface area contributed by atoms with Crippen LogP contribution in [0.2, 0.25) is 0 Å². The van der Waals surface area contributed by atoms with Crippen LogP contribution in [0.1, 0.15) is 33.6 Å². The molecule has 0 bridgehead atoms. The van der Waals surface area contributed by atoms with Gasteiger partial charge in [0.2, 0.25) is 0 Å². The Labute approximate surface area is 93.6 Å². The zero-order valence-electron chi connectivity index (χ0n) is 9.92. The third-order valence-electron chi connectivity index (χ3n) is 2.52. The predicted molar refractivity (Wildman–Crippen MR) is 63.1 cm³/mol. The monoisotopic (exact) mass is 221 g/mol. The van der Waals surface area contributed by atoms with E-state index in [1.165, 1.54) is 0 Å². The third kappa shape index (κ3) is 5.84. The molecule has 0 aliphatic carbocycles. The van der Waals surface area contributed by atoms with E-state index in [2.05, 4.69) is 25.7 Å². The summed E-state index contributed by atoms with van der Waals surface area (Å²) in [4.78, 5) is 2.49. The van der Waals surface area contributed by atoms with Crippen molar-refractivity contribution in [2.45, 2.75) is 45.7 Å². The van der Waals surface area contributed by atoms with E-state index in [0.29, 0.717) is 12.1 Å². The van der Waals surface area contributed by atoms with Gasteiger partial charge < -0.3 is 4.74 Å². The second-order valence-electron chi connectivity index (χ2n) is 4.00. The molecule has 0 aliphatic heterocycles. The number of rotatable bonds is 8. The average Bonchev–Trinajstić information content (AvgIpc) is 2.14. The minimum atomic E-state index is 0.582. The fraction of sp³-hybridized carbons (Fsp3) is 1.00. The van der Waals surface area contributed by atoms with Crippen molar-refractivity contribution in [1.82, 2.24) is 4.90 Å². The smallest absolute Gasteiger partial charge is 0.0477 e. The predicted octanol–water partition coefficient (Wildman–Crippen LogP) is 2.75. The number of hydrogen-bond acceptors (Lipinski definition) is 2. The van der Waals surface area contributed by atoms with Crippen molar-refractivity contribution in [2.75, 3.05) is 26.1 Å². The third-order valence-corrected chi connectivity index (χ3v) is 2.79. The molecule has 0 fully saturated rings. The lowest BCUT2D eigenvalue weighted by Crippen LogP contribution is -2.40. The fourth-order valence-electron chi connectivity index (χ4n) is 1.68. The summed E-state index contributed by atoms with van der Waals surface area (Å²) in [5, 5.41) is 0. The first kappa shape index (κ1) is 14.2. The van der Waals surface area contributed by atoms with Gasteiger partial charge in [0, 0.05) is 31.7 Å². The number of methoxy groups -OCH3 is 1. The first-order chi connectivity index (χ1) is 6.63. The number of nitrogens with zero attached hydrogens (tertiary/aromatic N) is 1. The molecule has 0 rings (SSSR count). The first-order valence-electron chi connectivity index (χ1n) is 5.44. The van der Waals surface area contributed by atoms with Crippen LogP contribution in [0.3, 0.4) is 0 Å². The molecule has 2 nitrogen and oxygen atoms in total. The molecular weight excluding hydrogens is 198 g/mol. The van der Waals surface area contributed by atoms with Crippen LogP contribution in [0.5, 0.6) is 0 Å². The van der Waals surface area contributed by atoms with Gasteiger partial charge in [0.1, 0.15) is 0 Å². The van der Waals surface area contributed by atoms with Crippen LogP contribution in [0.15, 0.2) is 0 Å². The molecule has 0 spiro atoms. The van der Waals surface area contributed by atoms with Gasteiger partial charge in [-0.2, -0.15) is 0 Å². The molecule has 0 saturated carbocycles. The van der Waals surface area contributed by atoms with Crippen molar-refractivity contribution in [3.63, 3.8) is 0 Å². The number of ether oxygens (including phenoxy) is 1. The number of hydrogen-bond donors (Lipinski definition) is 0. The Hall–Kier alpha value is 0.210. The minimum Gasteiger partial charge on any atom is -0.385 e. The molecule has 86 valence electrons. The van der Waals surface area contributed by atoms with E-state index in [4.69, 9.17) is 16.3 Å². The zero-order valence-corrected chi connectivity index (χ0v) is 10.7. The van der Waals surface area contributed by atoms with Crippen molar-refractivity contribution in [3.05, 3.63) is 0 Å². The van der Waals surface area contributed by atoms with Crippen LogP contribution in [-0.2, 0) is 4.74 Å². The van der Waals surface area contributed by atoms with Crippen LogP contribution in [0, 0.1) is 0 Å². The Morgan fingerprint density at radius 2 is 1.93 bits per heavy atom. The maximum atomic E-state index is 5.71. The maximum absolute atomic E-state index is 5.71. The van der Waals surface area contributed by atoms with E-state index in [1.807, 2.05) is 0 Å². The molecule has 0 aromatic carbocycles. The largest absolute Gasteiger partial charge is 0.385 e. The minimum absolute atomic E-state index is 0.582. The summed E-state index contributed by atoms with van der Waals surface area (Å²) in [5.74, 6) is 0.750. The lowest BCUT2D eigenvalue weighted by atomic mass is 10.1. The second-order valence-corrected chi connectivity index (χ2v) is 4.38. The molecule has 0 aliphatic rings. The Kier molecular flexibility index (Phi) is 8.64. The summed E-state index contributed by atoms with van der Waals surface area (Å²) in [5.41, 5.74) is 0. The molecule has 1 unspecified atom stereocenters. The van der Waals surface area contributed by atoms with Crippen LogP contribution < -0.4 is 0 Å². The van der Waals surface area contributed by atoms with E-state index in [9.17, 15) is 0 Å². The van der Waals surface area contributed by atoms with Crippen molar-refractivity contribution in [2.24, 2.45) is 0 Å². The Balaban J connectivity index is 3.91. The standard InChI is InChI=1S/C11H24ClNO/c1-10(2)13(8-5-7-12)11(3)6-9-14-4/h10-11H,5-9H2,1-4H3. The molecule has 0 aromatic rings. The van der Waals surface area contributed by atoms with Gasteiger partial charge in [-0.05, 0) is 40.2 Å². The van der Waals surface area contributed by atoms with E-state index in [-0.39, 0.29) is 0 Å². The Morgan fingerprint density at radius 1 is 1.29 bits per heavy atom. The van der Waals surface area contributed by atoms with E-state index in [0.717, 1.165) is 31.9 Å². The number of halogens is 1. The topological polar surface area (TPSA) is 12.5 Å². The van der Waals surface area contributed by atoms with Crippen molar-refractivity contribution < 1.29 is 4.74 Å². The zero-order chi connectivity index (χ0) is 11.0. The Bertz CT molecular complexity index is 130. The lowest BCUT2D eigenvalue weighted by molar-refractivity contribution is 0.116. The molecule has 0 radical (unpaired) electrons. The highest BCUT2D eigenvalue weighted by atomic mass is 35.5. The fourth-order valence-corrected chi connectivity index (χ4v) is 1.80. The molecule has 0 heterocycles. The molecule has 3 heteroatoms. The Morgan fingerprint density at radius 3 is 2.36 bits per heavy atom. The van der Waals surface area contributed by atoms with Crippen LogP contribution in [0.25, 0.3) is 0 Å². The average molecular weight is 222 g/mol. The summed E-state index contributed by atoms with van der Waals surface area (Å²) in [6.07, 6.45) is 2.16. The first-order valence-corrected chi connectivity index (χ1v) is 5.97. The molecule has 14 heavy (non-hydrogen) atoms. The van der Waals surface area contributed by atoms with Crippen LogP contribution in [0.4, 0.5) is 0 Å². The summed E-state index contributed by atoms with van der Waals surface area (Å²) < 4.78 is 5.09. The highest BCUT2D eigenvalue weighted by Gasteiger charge is 2.15. The van der Waals surface area contributed by atoms with Crippen LogP contribution in [-0.4, -0.2) is 43.1 Å². The van der Waals surface area contributed by atoms with E-state index >= 15 is 0 Å². The SMILES string of the molecule is COCCC(C)N(CCCCl)C(C)C. The quantitative estimate of drug-likeness (QED) is 0.585. The van der Waals surface area contributed by atoms with Crippen molar-refractivity contribution >= 4 is 11.6 Å². The van der Waals surface area contributed by atoms with Gasteiger partial charge in [-0.25, -0.2) is 0 Å². The molecule has 0 aromatic heterocycles. The molecule has 0 N–H and O–H groups in total.